The number of ether oxygens (including phenoxy) is 1. The maximum atomic E-state index is 12.0. The molecular formula is C27H25BrClN3O2. The Morgan fingerprint density at radius 2 is 1.82 bits per heavy atom. The molecule has 0 unspecified atom stereocenters. The maximum Gasteiger partial charge on any atom is 0.243 e. The largest absolute Gasteiger partial charge is 0.497 e. The summed E-state index contributed by atoms with van der Waals surface area (Å²) in [5, 5.41) is 9.10. The molecule has 0 aliphatic heterocycles. The van der Waals surface area contributed by atoms with Crippen molar-refractivity contribution in [3.63, 3.8) is 0 Å². The highest BCUT2D eigenvalue weighted by Gasteiger charge is 2.09. The Bertz CT molecular complexity index is 1340. The third-order valence-electron chi connectivity index (χ3n) is 5.40. The molecule has 2 N–H and O–H groups in total. The van der Waals surface area contributed by atoms with Crippen LogP contribution >= 0.6 is 27.5 Å². The Morgan fingerprint density at radius 3 is 2.62 bits per heavy atom. The molecular weight excluding hydrogens is 514 g/mol. The first-order valence-corrected chi connectivity index (χ1v) is 12.2. The fraction of sp³-hybridized carbons (Fsp3) is 0.185. The van der Waals surface area contributed by atoms with E-state index in [0.29, 0.717) is 11.6 Å². The van der Waals surface area contributed by atoms with E-state index >= 15 is 0 Å². The molecule has 4 aromatic rings. The number of hydrogen-bond donors (Lipinski definition) is 2. The van der Waals surface area contributed by atoms with Crippen LogP contribution in [-0.4, -0.2) is 31.1 Å². The van der Waals surface area contributed by atoms with Gasteiger partial charge in [0.05, 0.1) is 23.8 Å². The lowest BCUT2D eigenvalue weighted by Crippen LogP contribution is -2.22. The number of amides is 1. The molecule has 4 rings (SSSR count). The van der Waals surface area contributed by atoms with Gasteiger partial charge in [-0.1, -0.05) is 45.7 Å². The smallest absolute Gasteiger partial charge is 0.243 e. The van der Waals surface area contributed by atoms with Gasteiger partial charge in [-0.2, -0.15) is 0 Å². The molecule has 1 aromatic heterocycles. The second-order valence-electron chi connectivity index (χ2n) is 7.88. The Kier molecular flexibility index (Phi) is 8.03. The highest BCUT2D eigenvalue weighted by molar-refractivity contribution is 9.10. The fourth-order valence-corrected chi connectivity index (χ4v) is 4.06. The van der Waals surface area contributed by atoms with Crippen LogP contribution in [0.25, 0.3) is 27.9 Å². The minimum absolute atomic E-state index is 0.0931. The highest BCUT2D eigenvalue weighted by atomic mass is 79.9. The minimum Gasteiger partial charge on any atom is -0.497 e. The van der Waals surface area contributed by atoms with Crippen LogP contribution in [0.2, 0.25) is 5.02 Å². The normalized spacial score (nSPS) is 11.3. The van der Waals surface area contributed by atoms with Crippen molar-refractivity contribution in [2.45, 2.75) is 12.8 Å². The summed E-state index contributed by atoms with van der Waals surface area (Å²) < 4.78 is 6.49. The van der Waals surface area contributed by atoms with Crippen molar-refractivity contribution in [2.24, 2.45) is 0 Å². The van der Waals surface area contributed by atoms with E-state index in [9.17, 15) is 4.79 Å². The van der Waals surface area contributed by atoms with E-state index in [-0.39, 0.29) is 5.91 Å². The third kappa shape index (κ3) is 6.27. The van der Waals surface area contributed by atoms with Gasteiger partial charge in [-0.15, -0.1) is 0 Å². The number of methoxy groups -OCH3 is 1. The Balaban J connectivity index is 1.31. The first kappa shape index (κ1) is 24.0. The molecule has 0 saturated carbocycles. The molecule has 0 aliphatic rings. The van der Waals surface area contributed by atoms with Gasteiger partial charge in [-0.3, -0.25) is 4.79 Å². The van der Waals surface area contributed by atoms with Gasteiger partial charge in [-0.25, -0.2) is 4.98 Å². The molecule has 0 spiro atoms. The minimum atomic E-state index is -0.0931. The summed E-state index contributed by atoms with van der Waals surface area (Å²) in [4.78, 5) is 16.9. The summed E-state index contributed by atoms with van der Waals surface area (Å²) in [5.74, 6) is 0.680. The first-order chi connectivity index (χ1) is 16.5. The van der Waals surface area contributed by atoms with Crippen LogP contribution in [0.1, 0.15) is 18.4 Å². The molecule has 7 heteroatoms. The van der Waals surface area contributed by atoms with Crippen molar-refractivity contribution in [2.75, 3.05) is 25.5 Å². The number of hydrogen-bond acceptors (Lipinski definition) is 4. The monoisotopic (exact) mass is 537 g/mol. The number of carbonyl (C=O) groups is 1. The predicted octanol–water partition coefficient (Wildman–Crippen LogP) is 6.83. The summed E-state index contributed by atoms with van der Waals surface area (Å²) in [6.45, 7) is 1.37. The topological polar surface area (TPSA) is 63.2 Å². The number of fused-ring (bicyclic) bond motifs is 2. The Labute approximate surface area is 212 Å². The number of aromatic nitrogens is 1. The standard InChI is InChI=1S/C27H25BrClN3O2/c1-34-23-15-20-14-19-7-10-22(29)16-24(19)32-27(20)25(17-23)30-12-2-3-13-31-26(33)11-6-18-4-8-21(28)9-5-18/h4-11,14-17,30H,2-3,12-13H2,1H3,(H,31,33)/b11-6+. The van der Waals surface area contributed by atoms with E-state index in [4.69, 9.17) is 21.3 Å². The number of pyridine rings is 1. The lowest BCUT2D eigenvalue weighted by atomic mass is 10.1. The quantitative estimate of drug-likeness (QED) is 0.139. The van der Waals surface area contributed by atoms with Crippen molar-refractivity contribution in [3.05, 3.63) is 81.8 Å². The summed E-state index contributed by atoms with van der Waals surface area (Å²) in [6.07, 6.45) is 5.13. The number of benzene rings is 3. The first-order valence-electron chi connectivity index (χ1n) is 11.1. The maximum absolute atomic E-state index is 12.0. The number of anilines is 1. The molecule has 5 nitrogen and oxygen atoms in total. The van der Waals surface area contributed by atoms with Gasteiger partial charge in [0, 0.05) is 45.5 Å². The van der Waals surface area contributed by atoms with E-state index in [0.717, 1.165) is 62.7 Å². The summed E-state index contributed by atoms with van der Waals surface area (Å²) in [5.41, 5.74) is 3.63. The van der Waals surface area contributed by atoms with Crippen LogP contribution < -0.4 is 15.4 Å². The molecule has 0 saturated heterocycles. The zero-order valence-corrected chi connectivity index (χ0v) is 21.1. The lowest BCUT2D eigenvalue weighted by molar-refractivity contribution is -0.116. The van der Waals surface area contributed by atoms with Crippen LogP contribution in [-0.2, 0) is 4.79 Å². The van der Waals surface area contributed by atoms with Crippen LogP contribution in [0.5, 0.6) is 5.75 Å². The van der Waals surface area contributed by atoms with E-state index in [1.165, 1.54) is 0 Å². The average molecular weight is 539 g/mol. The highest BCUT2D eigenvalue weighted by Crippen LogP contribution is 2.31. The van der Waals surface area contributed by atoms with E-state index in [1.807, 2.05) is 54.6 Å². The van der Waals surface area contributed by atoms with Crippen molar-refractivity contribution in [3.8, 4) is 5.75 Å². The lowest BCUT2D eigenvalue weighted by Gasteiger charge is -2.13. The summed E-state index contributed by atoms with van der Waals surface area (Å²) >= 11 is 9.56. The number of nitrogens with one attached hydrogen (secondary N) is 2. The Hall–Kier alpha value is -3.09. The number of rotatable bonds is 9. The molecule has 1 amide bonds. The van der Waals surface area contributed by atoms with Gasteiger partial charge in [0.15, 0.2) is 0 Å². The number of unbranched alkanes of at least 4 members (excludes halogenated alkanes) is 1. The van der Waals surface area contributed by atoms with Gasteiger partial charge in [0.1, 0.15) is 5.75 Å². The summed E-state index contributed by atoms with van der Waals surface area (Å²) in [6, 6.07) is 19.6. The molecule has 3 aromatic carbocycles. The van der Waals surface area contributed by atoms with E-state index in [2.05, 4.69) is 32.6 Å². The molecule has 1 heterocycles. The fourth-order valence-electron chi connectivity index (χ4n) is 3.63. The SMILES string of the molecule is COc1cc(NCCCCNC(=O)/C=C/c2ccc(Br)cc2)c2nc3cc(Cl)ccc3cc2c1. The van der Waals surface area contributed by atoms with Crippen molar-refractivity contribution in [1.82, 2.24) is 10.3 Å². The molecule has 174 valence electrons. The zero-order chi connectivity index (χ0) is 23.9. The van der Waals surface area contributed by atoms with Gasteiger partial charge in [-0.05, 0) is 60.9 Å². The third-order valence-corrected chi connectivity index (χ3v) is 6.16. The predicted molar refractivity (Wildman–Crippen MR) is 145 cm³/mol. The van der Waals surface area contributed by atoms with Crippen LogP contribution in [0, 0.1) is 0 Å². The summed E-state index contributed by atoms with van der Waals surface area (Å²) in [7, 11) is 1.66. The van der Waals surface area contributed by atoms with Gasteiger partial charge in [0.2, 0.25) is 5.91 Å². The molecule has 0 aliphatic carbocycles. The van der Waals surface area contributed by atoms with Gasteiger partial charge >= 0.3 is 0 Å². The zero-order valence-electron chi connectivity index (χ0n) is 18.8. The molecule has 34 heavy (non-hydrogen) atoms. The van der Waals surface area contributed by atoms with Gasteiger partial charge in [0.25, 0.3) is 0 Å². The van der Waals surface area contributed by atoms with Crippen molar-refractivity contribution in [1.29, 1.82) is 0 Å². The molecule has 0 bridgehead atoms. The van der Waals surface area contributed by atoms with Crippen LogP contribution in [0.3, 0.4) is 0 Å². The van der Waals surface area contributed by atoms with Gasteiger partial charge < -0.3 is 15.4 Å². The van der Waals surface area contributed by atoms with Crippen molar-refractivity contribution < 1.29 is 9.53 Å². The van der Waals surface area contributed by atoms with E-state index in [1.54, 1.807) is 19.3 Å². The second kappa shape index (κ2) is 11.4. The molecule has 0 fully saturated rings. The van der Waals surface area contributed by atoms with Crippen LogP contribution in [0.15, 0.2) is 71.2 Å². The van der Waals surface area contributed by atoms with Crippen LogP contribution in [0.4, 0.5) is 5.69 Å². The number of carbonyl (C=O) groups excluding carboxylic acids is 1. The second-order valence-corrected chi connectivity index (χ2v) is 9.23. The average Bonchev–Trinajstić information content (AvgIpc) is 2.84. The number of nitrogens with zero attached hydrogens (tertiary/aromatic N) is 1. The van der Waals surface area contributed by atoms with Crippen molar-refractivity contribution >= 4 is 67.0 Å². The molecule has 0 radical (unpaired) electrons. The number of halogens is 2. The molecule has 0 atom stereocenters. The Morgan fingerprint density at radius 1 is 1.03 bits per heavy atom. The van der Waals surface area contributed by atoms with E-state index < -0.39 is 0 Å².